The molecule has 0 fully saturated rings. The second kappa shape index (κ2) is 6.72. The molecule has 1 aromatic rings. The molecule has 0 aliphatic heterocycles. The first kappa shape index (κ1) is 13.3. The number of nitrogens with zero attached hydrogens (tertiary/aromatic N) is 1. The number of aliphatic hydroxyl groups is 1. The lowest BCUT2D eigenvalue weighted by Crippen LogP contribution is -2.30. The van der Waals surface area contributed by atoms with Gasteiger partial charge in [0.1, 0.15) is 0 Å². The Bertz CT molecular complexity index is 374. The van der Waals surface area contributed by atoms with Crippen LogP contribution in [0.2, 0.25) is 0 Å². The van der Waals surface area contributed by atoms with E-state index in [1.54, 1.807) is 0 Å². The van der Waals surface area contributed by atoms with Crippen LogP contribution in [-0.2, 0) is 0 Å². The zero-order valence-electron chi connectivity index (χ0n) is 11.1. The maximum absolute atomic E-state index is 10.2. The number of likely N-dealkylation sites (N-methyl/N-ethyl adjacent to an activating group) is 1. The van der Waals surface area contributed by atoms with E-state index < -0.39 is 0 Å². The van der Waals surface area contributed by atoms with Gasteiger partial charge in [0.25, 0.3) is 0 Å². The highest BCUT2D eigenvalue weighted by Crippen LogP contribution is 2.20. The monoisotopic (exact) mass is 245 g/mol. The molecule has 98 valence electrons. The molecule has 18 heavy (non-hydrogen) atoms. The third kappa shape index (κ3) is 3.97. The molecule has 0 radical (unpaired) electrons. The van der Waals surface area contributed by atoms with Gasteiger partial charge in [0.2, 0.25) is 0 Å². The van der Waals surface area contributed by atoms with Gasteiger partial charge in [0, 0.05) is 13.1 Å². The molecule has 0 saturated heterocycles. The first-order valence-corrected chi connectivity index (χ1v) is 6.82. The van der Waals surface area contributed by atoms with Crippen LogP contribution in [0.25, 0.3) is 0 Å². The average molecular weight is 245 g/mol. The molecule has 1 aliphatic carbocycles. The number of hydrogen-bond donors (Lipinski definition) is 1. The predicted molar refractivity (Wildman–Crippen MR) is 75.4 cm³/mol. The molecule has 0 amide bonds. The van der Waals surface area contributed by atoms with Gasteiger partial charge >= 0.3 is 0 Å². The largest absolute Gasteiger partial charge is 0.387 e. The molecule has 0 aromatic heterocycles. The Labute approximate surface area is 110 Å². The minimum atomic E-state index is -0.379. The topological polar surface area (TPSA) is 23.5 Å². The lowest BCUT2D eigenvalue weighted by Gasteiger charge is -2.26. The fraction of sp³-hybridized carbons (Fsp3) is 0.500. The molecular weight excluding hydrogens is 222 g/mol. The fourth-order valence-corrected chi connectivity index (χ4v) is 2.61. The van der Waals surface area contributed by atoms with Crippen molar-refractivity contribution in [2.45, 2.75) is 25.4 Å². The first-order valence-electron chi connectivity index (χ1n) is 6.82. The molecule has 1 aliphatic rings. The summed E-state index contributed by atoms with van der Waals surface area (Å²) < 4.78 is 0. The van der Waals surface area contributed by atoms with E-state index in [4.69, 9.17) is 0 Å². The maximum atomic E-state index is 10.2. The van der Waals surface area contributed by atoms with Gasteiger partial charge in [0.05, 0.1) is 6.10 Å². The van der Waals surface area contributed by atoms with Crippen LogP contribution >= 0.6 is 0 Å². The molecule has 0 spiro atoms. The van der Waals surface area contributed by atoms with Crippen LogP contribution in [-0.4, -0.2) is 30.1 Å². The van der Waals surface area contributed by atoms with Crippen molar-refractivity contribution in [2.75, 3.05) is 20.1 Å². The van der Waals surface area contributed by atoms with Crippen molar-refractivity contribution >= 4 is 0 Å². The summed E-state index contributed by atoms with van der Waals surface area (Å²) in [6, 6.07) is 9.91. The summed E-state index contributed by atoms with van der Waals surface area (Å²) in [5.74, 6) is 0.753. The van der Waals surface area contributed by atoms with E-state index in [0.717, 1.165) is 18.0 Å². The Hall–Kier alpha value is -1.12. The average Bonchev–Trinajstić information content (AvgIpc) is 2.40. The Kier molecular flexibility index (Phi) is 4.97. The Morgan fingerprint density at radius 3 is 2.72 bits per heavy atom. The lowest BCUT2D eigenvalue weighted by atomic mass is 9.94. The van der Waals surface area contributed by atoms with Gasteiger partial charge in [-0.3, -0.25) is 0 Å². The van der Waals surface area contributed by atoms with Crippen molar-refractivity contribution in [3.8, 4) is 0 Å². The molecule has 1 aromatic carbocycles. The van der Waals surface area contributed by atoms with Crippen LogP contribution in [0.5, 0.6) is 0 Å². The van der Waals surface area contributed by atoms with Gasteiger partial charge in [-0.1, -0.05) is 42.5 Å². The van der Waals surface area contributed by atoms with Crippen LogP contribution in [0.3, 0.4) is 0 Å². The predicted octanol–water partition coefficient (Wildman–Crippen LogP) is 3.01. The smallest absolute Gasteiger partial charge is 0.0916 e. The minimum Gasteiger partial charge on any atom is -0.387 e. The number of benzene rings is 1. The van der Waals surface area contributed by atoms with E-state index in [2.05, 4.69) is 24.1 Å². The summed E-state index contributed by atoms with van der Waals surface area (Å²) in [7, 11) is 2.10. The summed E-state index contributed by atoms with van der Waals surface area (Å²) in [6.07, 6.45) is 7.86. The molecule has 2 heteroatoms. The zero-order chi connectivity index (χ0) is 12.8. The van der Waals surface area contributed by atoms with E-state index in [0.29, 0.717) is 6.54 Å². The first-order chi connectivity index (χ1) is 8.75. The van der Waals surface area contributed by atoms with Crippen molar-refractivity contribution in [3.63, 3.8) is 0 Å². The summed E-state index contributed by atoms with van der Waals surface area (Å²) in [6.45, 7) is 1.79. The number of hydrogen-bond acceptors (Lipinski definition) is 2. The van der Waals surface area contributed by atoms with Gasteiger partial charge in [-0.05, 0) is 37.8 Å². The number of rotatable bonds is 5. The third-order valence-electron chi connectivity index (χ3n) is 3.62. The Morgan fingerprint density at radius 1 is 1.28 bits per heavy atom. The SMILES string of the molecule is CN(C[C@@H]1CC=CCC1)C[C@@H](O)c1ccccc1. The van der Waals surface area contributed by atoms with E-state index in [9.17, 15) is 5.11 Å². The highest BCUT2D eigenvalue weighted by atomic mass is 16.3. The Morgan fingerprint density at radius 2 is 2.06 bits per heavy atom. The second-order valence-corrected chi connectivity index (χ2v) is 5.30. The fourth-order valence-electron chi connectivity index (χ4n) is 2.61. The van der Waals surface area contributed by atoms with E-state index in [-0.39, 0.29) is 6.10 Å². The molecule has 2 rings (SSSR count). The molecule has 0 saturated carbocycles. The van der Waals surface area contributed by atoms with Gasteiger partial charge in [0.15, 0.2) is 0 Å². The summed E-state index contributed by atoms with van der Waals surface area (Å²) in [4.78, 5) is 2.25. The molecule has 2 atom stereocenters. The molecule has 1 N–H and O–H groups in total. The van der Waals surface area contributed by atoms with Crippen molar-refractivity contribution < 1.29 is 5.11 Å². The standard InChI is InChI=1S/C16H23NO/c1-17(12-14-8-4-2-5-9-14)13-16(18)15-10-6-3-7-11-15/h2-4,6-7,10-11,14,16,18H,5,8-9,12-13H2,1H3/t14-,16-/m1/s1. The second-order valence-electron chi connectivity index (χ2n) is 5.30. The molecule has 0 unspecified atom stereocenters. The molecule has 0 bridgehead atoms. The van der Waals surface area contributed by atoms with Crippen molar-refractivity contribution in [1.29, 1.82) is 0 Å². The van der Waals surface area contributed by atoms with Crippen LogP contribution < -0.4 is 0 Å². The zero-order valence-corrected chi connectivity index (χ0v) is 11.1. The normalized spacial score (nSPS) is 21.2. The highest BCUT2D eigenvalue weighted by molar-refractivity contribution is 5.17. The van der Waals surface area contributed by atoms with Gasteiger partial charge < -0.3 is 10.0 Å². The van der Waals surface area contributed by atoms with Crippen LogP contribution in [0.15, 0.2) is 42.5 Å². The third-order valence-corrected chi connectivity index (χ3v) is 3.62. The van der Waals surface area contributed by atoms with Crippen molar-refractivity contribution in [3.05, 3.63) is 48.0 Å². The van der Waals surface area contributed by atoms with Gasteiger partial charge in [-0.2, -0.15) is 0 Å². The summed E-state index contributed by atoms with van der Waals surface area (Å²) in [5.41, 5.74) is 1.01. The summed E-state index contributed by atoms with van der Waals surface area (Å²) >= 11 is 0. The van der Waals surface area contributed by atoms with Crippen LogP contribution in [0.4, 0.5) is 0 Å². The molecular formula is C16H23NO. The maximum Gasteiger partial charge on any atom is 0.0916 e. The molecule has 0 heterocycles. The highest BCUT2D eigenvalue weighted by Gasteiger charge is 2.15. The van der Waals surface area contributed by atoms with Crippen molar-refractivity contribution in [1.82, 2.24) is 4.90 Å². The van der Waals surface area contributed by atoms with E-state index >= 15 is 0 Å². The Balaban J connectivity index is 1.80. The van der Waals surface area contributed by atoms with Gasteiger partial charge in [-0.15, -0.1) is 0 Å². The van der Waals surface area contributed by atoms with E-state index in [1.807, 2.05) is 30.3 Å². The molecule has 2 nitrogen and oxygen atoms in total. The quantitative estimate of drug-likeness (QED) is 0.806. The van der Waals surface area contributed by atoms with Gasteiger partial charge in [-0.25, -0.2) is 0 Å². The minimum absolute atomic E-state index is 0.379. The van der Waals surface area contributed by atoms with E-state index in [1.165, 1.54) is 19.3 Å². The van der Waals surface area contributed by atoms with Crippen LogP contribution in [0.1, 0.15) is 30.9 Å². The summed E-state index contributed by atoms with van der Waals surface area (Å²) in [5, 5.41) is 10.2. The van der Waals surface area contributed by atoms with Crippen LogP contribution in [0, 0.1) is 5.92 Å². The lowest BCUT2D eigenvalue weighted by molar-refractivity contribution is 0.117. The van der Waals surface area contributed by atoms with Crippen molar-refractivity contribution in [2.24, 2.45) is 5.92 Å². The number of allylic oxidation sites excluding steroid dienone is 2. The number of aliphatic hydroxyl groups excluding tert-OH is 1.